The smallest absolute Gasteiger partial charge is 0.258 e. The first-order valence-electron chi connectivity index (χ1n) is 7.65. The average molecular weight is 394 g/mol. The number of aromatic nitrogens is 1. The van der Waals surface area contributed by atoms with E-state index in [0.717, 1.165) is 5.56 Å². The van der Waals surface area contributed by atoms with Crippen molar-refractivity contribution in [3.8, 4) is 10.6 Å². The molecule has 0 atom stereocenters. The first-order valence-corrected chi connectivity index (χ1v) is 9.68. The second-order valence-electron chi connectivity index (χ2n) is 5.49. The number of carbonyl (C=O) groups is 3. The van der Waals surface area contributed by atoms with E-state index in [-0.39, 0.29) is 24.7 Å². The number of nitrogens with one attached hydrogen (secondary N) is 2. The number of rotatable bonds is 5. The molecule has 3 amide bonds. The number of benzene rings is 1. The van der Waals surface area contributed by atoms with E-state index >= 15 is 0 Å². The molecule has 10 heteroatoms. The number of thiazole rings is 1. The Morgan fingerprint density at radius 1 is 1.19 bits per heavy atom. The number of halogens is 1. The lowest BCUT2D eigenvalue weighted by molar-refractivity contribution is -0.134. The SMILES string of the molecule is O=C(Cc1csc(-c2ccc(F)cc2)n1)NNC(=O)CN1CSCC1=O. The predicted molar refractivity (Wildman–Crippen MR) is 96.5 cm³/mol. The standard InChI is InChI=1S/C16H15FN4O3S2/c17-11-3-1-10(2-4-11)16-18-12(7-26-16)5-13(22)19-20-14(23)6-21-9-25-8-15(21)24/h1-4,7H,5-6,8-9H2,(H,19,22)(H,20,23). The van der Waals surface area contributed by atoms with Crippen molar-refractivity contribution in [2.75, 3.05) is 18.2 Å². The van der Waals surface area contributed by atoms with Crippen molar-refractivity contribution in [1.29, 1.82) is 0 Å². The summed E-state index contributed by atoms with van der Waals surface area (Å²) in [5.41, 5.74) is 5.91. The first kappa shape index (κ1) is 18.3. The Kier molecular flexibility index (Phi) is 5.84. The molecule has 0 bridgehead atoms. The van der Waals surface area contributed by atoms with Crippen LogP contribution < -0.4 is 10.9 Å². The van der Waals surface area contributed by atoms with Gasteiger partial charge in [-0.3, -0.25) is 25.2 Å². The molecule has 1 aliphatic rings. The minimum atomic E-state index is -0.459. The van der Waals surface area contributed by atoms with Crippen molar-refractivity contribution in [2.24, 2.45) is 0 Å². The van der Waals surface area contributed by atoms with Gasteiger partial charge in [0.1, 0.15) is 17.4 Å². The zero-order valence-corrected chi connectivity index (χ0v) is 15.2. The third kappa shape index (κ3) is 4.79. The summed E-state index contributed by atoms with van der Waals surface area (Å²) < 4.78 is 13.0. The molecule has 2 heterocycles. The van der Waals surface area contributed by atoms with Crippen LogP contribution in [-0.2, 0) is 20.8 Å². The van der Waals surface area contributed by atoms with Gasteiger partial charge in [0, 0.05) is 10.9 Å². The van der Waals surface area contributed by atoms with Crippen molar-refractivity contribution in [3.05, 3.63) is 41.2 Å². The van der Waals surface area contributed by atoms with E-state index in [4.69, 9.17) is 0 Å². The molecule has 1 aliphatic heterocycles. The van der Waals surface area contributed by atoms with E-state index in [2.05, 4.69) is 15.8 Å². The summed E-state index contributed by atoms with van der Waals surface area (Å²) in [4.78, 5) is 40.9. The summed E-state index contributed by atoms with van der Waals surface area (Å²) in [6, 6.07) is 5.94. The predicted octanol–water partition coefficient (Wildman–Crippen LogP) is 1.17. The highest BCUT2D eigenvalue weighted by Gasteiger charge is 2.23. The number of nitrogens with zero attached hydrogens (tertiary/aromatic N) is 2. The monoisotopic (exact) mass is 394 g/mol. The summed E-state index contributed by atoms with van der Waals surface area (Å²) >= 11 is 2.79. The average Bonchev–Trinajstić information content (AvgIpc) is 3.23. The molecule has 1 aromatic carbocycles. The fourth-order valence-electron chi connectivity index (χ4n) is 2.21. The third-order valence-corrected chi connectivity index (χ3v) is 5.37. The molecule has 3 rings (SSSR count). The molecule has 136 valence electrons. The van der Waals surface area contributed by atoms with Crippen molar-refractivity contribution in [1.82, 2.24) is 20.7 Å². The normalized spacial score (nSPS) is 13.7. The molecule has 0 aliphatic carbocycles. The van der Waals surface area contributed by atoms with E-state index < -0.39 is 11.8 Å². The van der Waals surface area contributed by atoms with Gasteiger partial charge in [-0.2, -0.15) is 0 Å². The summed E-state index contributed by atoms with van der Waals surface area (Å²) in [7, 11) is 0. The van der Waals surface area contributed by atoms with Crippen LogP contribution in [0.3, 0.4) is 0 Å². The molecule has 2 N–H and O–H groups in total. The van der Waals surface area contributed by atoms with Crippen molar-refractivity contribution in [3.63, 3.8) is 0 Å². The van der Waals surface area contributed by atoms with Crippen LogP contribution in [0.2, 0.25) is 0 Å². The fraction of sp³-hybridized carbons (Fsp3) is 0.250. The molecule has 26 heavy (non-hydrogen) atoms. The van der Waals surface area contributed by atoms with Crippen LogP contribution in [-0.4, -0.2) is 45.8 Å². The van der Waals surface area contributed by atoms with Gasteiger partial charge in [-0.05, 0) is 24.3 Å². The lowest BCUT2D eigenvalue weighted by Gasteiger charge is -2.14. The summed E-state index contributed by atoms with van der Waals surface area (Å²) in [6.45, 7) is -0.0858. The second-order valence-corrected chi connectivity index (χ2v) is 7.31. The fourth-order valence-corrected chi connectivity index (χ4v) is 3.94. The van der Waals surface area contributed by atoms with Gasteiger partial charge in [-0.1, -0.05) is 0 Å². The van der Waals surface area contributed by atoms with E-state index in [1.807, 2.05) is 0 Å². The zero-order chi connectivity index (χ0) is 18.5. The van der Waals surface area contributed by atoms with Crippen LogP contribution in [0.4, 0.5) is 4.39 Å². The highest BCUT2D eigenvalue weighted by molar-refractivity contribution is 8.00. The number of hydrazine groups is 1. The maximum atomic E-state index is 13.0. The maximum absolute atomic E-state index is 13.0. The molecule has 1 saturated heterocycles. The van der Waals surface area contributed by atoms with E-state index in [9.17, 15) is 18.8 Å². The topological polar surface area (TPSA) is 91.4 Å². The summed E-state index contributed by atoms with van der Waals surface area (Å²) in [6.07, 6.45) is -0.00350. The quantitative estimate of drug-likeness (QED) is 0.743. The number of carbonyl (C=O) groups excluding carboxylic acids is 3. The molecule has 0 spiro atoms. The Bertz CT molecular complexity index is 825. The minimum Gasteiger partial charge on any atom is -0.323 e. The minimum absolute atomic E-state index is 0.00350. The molecule has 7 nitrogen and oxygen atoms in total. The van der Waals surface area contributed by atoms with Crippen molar-refractivity contribution in [2.45, 2.75) is 6.42 Å². The Labute approximate surface area is 157 Å². The Hall–Kier alpha value is -2.46. The molecule has 0 unspecified atom stereocenters. The lowest BCUT2D eigenvalue weighted by atomic mass is 10.2. The number of thioether (sulfide) groups is 1. The van der Waals surface area contributed by atoms with Gasteiger partial charge in [-0.15, -0.1) is 23.1 Å². The van der Waals surface area contributed by atoms with Gasteiger partial charge < -0.3 is 4.90 Å². The van der Waals surface area contributed by atoms with Gasteiger partial charge in [0.05, 0.1) is 23.7 Å². The molecule has 2 aromatic rings. The lowest BCUT2D eigenvalue weighted by Crippen LogP contribution is -2.47. The molecule has 1 aromatic heterocycles. The Balaban J connectivity index is 1.47. The number of hydrogen-bond acceptors (Lipinski definition) is 6. The molecule has 1 fully saturated rings. The van der Waals surface area contributed by atoms with Crippen LogP contribution in [0.15, 0.2) is 29.6 Å². The zero-order valence-electron chi connectivity index (χ0n) is 13.5. The van der Waals surface area contributed by atoms with Crippen LogP contribution in [0.1, 0.15) is 5.69 Å². The summed E-state index contributed by atoms with van der Waals surface area (Å²) in [5.74, 6) is -0.441. The second kappa shape index (κ2) is 8.28. The molecule has 0 saturated carbocycles. The maximum Gasteiger partial charge on any atom is 0.258 e. The van der Waals surface area contributed by atoms with E-state index in [0.29, 0.717) is 22.3 Å². The Morgan fingerprint density at radius 2 is 1.92 bits per heavy atom. The van der Waals surface area contributed by atoms with Crippen LogP contribution in [0.25, 0.3) is 10.6 Å². The number of hydrogen-bond donors (Lipinski definition) is 2. The van der Waals surface area contributed by atoms with Crippen LogP contribution >= 0.6 is 23.1 Å². The van der Waals surface area contributed by atoms with Crippen LogP contribution in [0, 0.1) is 5.82 Å². The highest BCUT2D eigenvalue weighted by atomic mass is 32.2. The van der Waals surface area contributed by atoms with Gasteiger partial charge in [0.2, 0.25) is 11.8 Å². The molecular weight excluding hydrogens is 379 g/mol. The van der Waals surface area contributed by atoms with Gasteiger partial charge in [-0.25, -0.2) is 9.37 Å². The van der Waals surface area contributed by atoms with Crippen molar-refractivity contribution < 1.29 is 18.8 Å². The first-order chi connectivity index (χ1) is 12.5. The third-order valence-electron chi connectivity index (χ3n) is 3.49. The van der Waals surface area contributed by atoms with Gasteiger partial charge >= 0.3 is 0 Å². The highest BCUT2D eigenvalue weighted by Crippen LogP contribution is 2.24. The van der Waals surface area contributed by atoms with Gasteiger partial charge in [0.25, 0.3) is 5.91 Å². The largest absolute Gasteiger partial charge is 0.323 e. The van der Waals surface area contributed by atoms with E-state index in [1.54, 1.807) is 17.5 Å². The molecular formula is C16H15FN4O3S2. The Morgan fingerprint density at radius 3 is 2.62 bits per heavy atom. The summed E-state index contributed by atoms with van der Waals surface area (Å²) in [5, 5.41) is 2.42. The van der Waals surface area contributed by atoms with E-state index in [1.165, 1.54) is 40.1 Å². The number of amides is 3. The van der Waals surface area contributed by atoms with Crippen molar-refractivity contribution >= 4 is 40.8 Å². The molecule has 0 radical (unpaired) electrons. The van der Waals surface area contributed by atoms with Crippen LogP contribution in [0.5, 0.6) is 0 Å². The van der Waals surface area contributed by atoms with Gasteiger partial charge in [0.15, 0.2) is 0 Å².